The highest BCUT2D eigenvalue weighted by Crippen LogP contribution is 2.39. The minimum atomic E-state index is -0.689. The maximum atomic E-state index is 8.35. The minimum Gasteiger partial charge on any atom is -0.456 e. The predicted octanol–water partition coefficient (Wildman–Crippen LogP) is 7.67. The van der Waals surface area contributed by atoms with Gasteiger partial charge in [0.25, 0.3) is 0 Å². The van der Waals surface area contributed by atoms with Crippen LogP contribution in [0.4, 0.5) is 0 Å². The van der Waals surface area contributed by atoms with Gasteiger partial charge in [-0.1, -0.05) is 44.2 Å². The van der Waals surface area contributed by atoms with E-state index in [2.05, 4.69) is 23.2 Å². The van der Waals surface area contributed by atoms with E-state index >= 15 is 0 Å². The number of hydrogen-bond acceptors (Lipinski definition) is 3. The second-order valence-electron chi connectivity index (χ2n) is 7.66. The third kappa shape index (κ3) is 2.40. The summed E-state index contributed by atoms with van der Waals surface area (Å²) in [5.74, 6) is -0.689. The van der Waals surface area contributed by atoms with Crippen molar-refractivity contribution < 1.29 is 10.2 Å². The summed E-state index contributed by atoms with van der Waals surface area (Å²) in [5, 5.41) is 4.30. The van der Waals surface area contributed by atoms with Gasteiger partial charge in [0.05, 0.1) is 5.69 Å². The number of fused-ring (bicyclic) bond motifs is 6. The van der Waals surface area contributed by atoms with E-state index in [1.807, 2.05) is 62.4 Å². The van der Waals surface area contributed by atoms with Crippen molar-refractivity contribution in [2.24, 2.45) is 0 Å². The van der Waals surface area contributed by atoms with E-state index in [1.54, 1.807) is 6.20 Å². The number of benzene rings is 3. The zero-order valence-electron chi connectivity index (χ0n) is 17.2. The molecule has 29 heavy (non-hydrogen) atoms. The molecular formula is C26H19NO2. The molecule has 0 aliphatic heterocycles. The average molecular weight is 378 g/mol. The summed E-state index contributed by atoms with van der Waals surface area (Å²) >= 11 is 0. The summed E-state index contributed by atoms with van der Waals surface area (Å²) in [6.07, 6.45) is 1.77. The fourth-order valence-electron chi connectivity index (χ4n) is 4.11. The summed E-state index contributed by atoms with van der Waals surface area (Å²) in [7, 11) is 0. The smallest absolute Gasteiger partial charge is 0.144 e. The van der Waals surface area contributed by atoms with Gasteiger partial charge in [-0.15, -0.1) is 0 Å². The van der Waals surface area contributed by atoms with Crippen LogP contribution >= 0.6 is 0 Å². The fraction of sp³-hybridized carbons (Fsp3) is 0.115. The summed E-state index contributed by atoms with van der Waals surface area (Å²) in [4.78, 5) is 4.57. The first kappa shape index (κ1) is 15.3. The van der Waals surface area contributed by atoms with Gasteiger partial charge in [0.2, 0.25) is 0 Å². The second kappa shape index (κ2) is 5.95. The topological polar surface area (TPSA) is 39.2 Å². The Morgan fingerprint density at radius 1 is 0.759 bits per heavy atom. The van der Waals surface area contributed by atoms with Crippen molar-refractivity contribution >= 4 is 43.9 Å². The monoisotopic (exact) mass is 378 g/mol. The van der Waals surface area contributed by atoms with E-state index in [4.69, 9.17) is 10.2 Å². The van der Waals surface area contributed by atoms with E-state index in [-0.39, 0.29) is 0 Å². The quantitative estimate of drug-likeness (QED) is 0.310. The lowest BCUT2D eigenvalue weighted by Gasteiger charge is -2.07. The summed E-state index contributed by atoms with van der Waals surface area (Å²) in [6.45, 7) is 3.76. The molecule has 3 nitrogen and oxygen atoms in total. The van der Waals surface area contributed by atoms with Crippen LogP contribution in [0.3, 0.4) is 0 Å². The van der Waals surface area contributed by atoms with Gasteiger partial charge in [0, 0.05) is 40.7 Å². The molecule has 6 aromatic rings. The van der Waals surface area contributed by atoms with Gasteiger partial charge in [0.15, 0.2) is 0 Å². The van der Waals surface area contributed by atoms with Gasteiger partial charge >= 0.3 is 0 Å². The Kier molecular flexibility index (Phi) is 3.15. The number of rotatable bonds is 2. The molecule has 0 fully saturated rings. The Morgan fingerprint density at radius 3 is 2.45 bits per heavy atom. The molecule has 3 aromatic heterocycles. The summed E-state index contributed by atoms with van der Waals surface area (Å²) in [6, 6.07) is 22.2. The number of pyridine rings is 1. The van der Waals surface area contributed by atoms with E-state index in [0.29, 0.717) is 0 Å². The first-order valence-electron chi connectivity index (χ1n) is 10.2. The largest absolute Gasteiger partial charge is 0.456 e. The number of furan rings is 2. The molecule has 0 N–H and O–H groups in total. The maximum Gasteiger partial charge on any atom is 0.144 e. The number of hydrogen-bond donors (Lipinski definition) is 0. The lowest BCUT2D eigenvalue weighted by Crippen LogP contribution is -1.90. The Hall–Kier alpha value is -3.59. The van der Waals surface area contributed by atoms with Crippen LogP contribution in [-0.2, 0) is 0 Å². The molecule has 0 spiro atoms. The molecule has 140 valence electrons. The zero-order chi connectivity index (χ0) is 20.5. The van der Waals surface area contributed by atoms with Gasteiger partial charge in [0.1, 0.15) is 22.3 Å². The standard InChI is InChI=1S/C26H19NO2/c1-15(2)16-10-11-27-22(12-16)19-8-5-7-18-21-13-20-17-6-3-4-9-23(17)28-24(20)14-25(21)29-26(18)19/h3-15H,1-2H3/i15D. The van der Waals surface area contributed by atoms with Crippen LogP contribution in [0, 0.1) is 0 Å². The van der Waals surface area contributed by atoms with Gasteiger partial charge in [-0.25, -0.2) is 0 Å². The molecule has 0 unspecified atom stereocenters. The van der Waals surface area contributed by atoms with Crippen LogP contribution in [0.1, 0.15) is 26.7 Å². The lowest BCUT2D eigenvalue weighted by molar-refractivity contribution is 0.656. The Bertz CT molecular complexity index is 1580. The van der Waals surface area contributed by atoms with Gasteiger partial charge in [-0.3, -0.25) is 4.98 Å². The van der Waals surface area contributed by atoms with E-state index in [0.717, 1.165) is 60.7 Å². The van der Waals surface area contributed by atoms with Crippen molar-refractivity contribution in [1.82, 2.24) is 4.98 Å². The van der Waals surface area contributed by atoms with E-state index in [1.165, 1.54) is 0 Å². The SMILES string of the molecule is [2H]C(C)(C)c1ccnc(-c2cccc3c2oc2cc4oc5ccccc5c4cc23)c1. The number of aromatic nitrogens is 1. The molecule has 3 aromatic carbocycles. The molecular weight excluding hydrogens is 358 g/mol. The predicted molar refractivity (Wildman–Crippen MR) is 118 cm³/mol. The van der Waals surface area contributed by atoms with Gasteiger partial charge < -0.3 is 8.83 Å². The first-order valence-corrected chi connectivity index (χ1v) is 9.72. The highest BCUT2D eigenvalue weighted by Gasteiger charge is 2.16. The van der Waals surface area contributed by atoms with Crippen molar-refractivity contribution in [3.63, 3.8) is 0 Å². The second-order valence-corrected chi connectivity index (χ2v) is 7.66. The van der Waals surface area contributed by atoms with Crippen LogP contribution in [0.5, 0.6) is 0 Å². The van der Waals surface area contributed by atoms with Crippen molar-refractivity contribution in [3.8, 4) is 11.3 Å². The highest BCUT2D eigenvalue weighted by atomic mass is 16.3. The molecule has 0 saturated heterocycles. The number of para-hydroxylation sites is 2. The highest BCUT2D eigenvalue weighted by molar-refractivity contribution is 6.16. The molecule has 0 aliphatic carbocycles. The third-order valence-corrected chi connectivity index (χ3v) is 5.61. The molecule has 0 bridgehead atoms. The zero-order valence-corrected chi connectivity index (χ0v) is 16.2. The third-order valence-electron chi connectivity index (χ3n) is 5.61. The van der Waals surface area contributed by atoms with Crippen LogP contribution in [0.15, 0.2) is 81.8 Å². The van der Waals surface area contributed by atoms with Crippen molar-refractivity contribution in [1.29, 1.82) is 0 Å². The van der Waals surface area contributed by atoms with Crippen LogP contribution < -0.4 is 0 Å². The van der Waals surface area contributed by atoms with E-state index in [9.17, 15) is 0 Å². The Labute approximate surface area is 169 Å². The normalized spacial score (nSPS) is 13.0. The molecule has 0 atom stereocenters. The fourth-order valence-corrected chi connectivity index (χ4v) is 4.11. The molecule has 0 saturated carbocycles. The number of nitrogens with zero attached hydrogens (tertiary/aromatic N) is 1. The van der Waals surface area contributed by atoms with Crippen molar-refractivity contribution in [2.45, 2.75) is 19.7 Å². The van der Waals surface area contributed by atoms with Gasteiger partial charge in [-0.05, 0) is 41.8 Å². The van der Waals surface area contributed by atoms with Crippen molar-refractivity contribution in [3.05, 3.63) is 78.5 Å². The van der Waals surface area contributed by atoms with Gasteiger partial charge in [-0.2, -0.15) is 0 Å². The molecule has 3 heterocycles. The minimum absolute atomic E-state index is 0.689. The van der Waals surface area contributed by atoms with E-state index < -0.39 is 5.89 Å². The summed E-state index contributed by atoms with van der Waals surface area (Å²) in [5.41, 5.74) is 5.95. The van der Waals surface area contributed by atoms with Crippen molar-refractivity contribution in [2.75, 3.05) is 0 Å². The van der Waals surface area contributed by atoms with Crippen LogP contribution in [0.25, 0.3) is 55.1 Å². The molecule has 0 amide bonds. The average Bonchev–Trinajstić information content (AvgIpc) is 3.28. The van der Waals surface area contributed by atoms with Crippen LogP contribution in [-0.4, -0.2) is 4.98 Å². The molecule has 3 heteroatoms. The van der Waals surface area contributed by atoms with Crippen LogP contribution in [0.2, 0.25) is 0 Å². The molecule has 0 radical (unpaired) electrons. The maximum absolute atomic E-state index is 8.35. The molecule has 6 rings (SSSR count). The Morgan fingerprint density at radius 2 is 1.55 bits per heavy atom. The lowest BCUT2D eigenvalue weighted by atomic mass is 10.0. The summed E-state index contributed by atoms with van der Waals surface area (Å²) < 4.78 is 20.7. The molecule has 0 aliphatic rings. The Balaban J connectivity index is 1.64. The first-order chi connectivity index (χ1) is 14.5.